The second kappa shape index (κ2) is 8.45. The Morgan fingerprint density at radius 1 is 1.03 bits per heavy atom. The van der Waals surface area contributed by atoms with Crippen LogP contribution in [-0.2, 0) is 11.3 Å². The Hall–Kier alpha value is -3.19. The van der Waals surface area contributed by atoms with Gasteiger partial charge in [-0.25, -0.2) is 4.98 Å². The molecule has 29 heavy (non-hydrogen) atoms. The van der Waals surface area contributed by atoms with Crippen LogP contribution in [0.5, 0.6) is 0 Å². The van der Waals surface area contributed by atoms with E-state index in [0.717, 1.165) is 31.9 Å². The van der Waals surface area contributed by atoms with Gasteiger partial charge in [0, 0.05) is 50.5 Å². The molecule has 150 valence electrons. The van der Waals surface area contributed by atoms with E-state index >= 15 is 0 Å². The molecule has 3 aromatic rings. The van der Waals surface area contributed by atoms with Crippen molar-refractivity contribution in [2.24, 2.45) is 0 Å². The van der Waals surface area contributed by atoms with Gasteiger partial charge in [0.1, 0.15) is 0 Å². The van der Waals surface area contributed by atoms with Crippen molar-refractivity contribution in [2.75, 3.05) is 43.4 Å². The van der Waals surface area contributed by atoms with Crippen LogP contribution >= 0.6 is 0 Å². The summed E-state index contributed by atoms with van der Waals surface area (Å²) < 4.78 is 1.48. The quantitative estimate of drug-likeness (QED) is 0.722. The maximum absolute atomic E-state index is 12.5. The van der Waals surface area contributed by atoms with Crippen LogP contribution in [0.1, 0.15) is 6.42 Å². The Balaban J connectivity index is 1.34. The third-order valence-electron chi connectivity index (χ3n) is 5.33. The molecule has 0 radical (unpaired) electrons. The predicted molar refractivity (Wildman–Crippen MR) is 115 cm³/mol. The van der Waals surface area contributed by atoms with Crippen LogP contribution in [-0.4, -0.2) is 53.6 Å². The largest absolute Gasteiger partial charge is 0.369 e. The molecule has 0 atom stereocenters. The molecule has 7 nitrogen and oxygen atoms in total. The van der Waals surface area contributed by atoms with Crippen molar-refractivity contribution < 1.29 is 4.79 Å². The maximum atomic E-state index is 12.5. The van der Waals surface area contributed by atoms with E-state index in [1.54, 1.807) is 12.1 Å². The molecule has 0 saturated carbocycles. The average Bonchev–Trinajstić information content (AvgIpc) is 2.75. The molecule has 0 unspecified atom stereocenters. The monoisotopic (exact) mass is 391 g/mol. The highest BCUT2D eigenvalue weighted by Gasteiger charge is 2.14. The normalized spacial score (nSPS) is 14.9. The molecule has 7 heteroatoms. The van der Waals surface area contributed by atoms with Crippen LogP contribution in [0.2, 0.25) is 0 Å². The summed E-state index contributed by atoms with van der Waals surface area (Å²) in [5.41, 5.74) is 2.47. The fourth-order valence-electron chi connectivity index (χ4n) is 3.53. The highest BCUT2D eigenvalue weighted by Crippen LogP contribution is 2.19. The first-order valence-corrected chi connectivity index (χ1v) is 9.88. The van der Waals surface area contributed by atoms with Gasteiger partial charge in [0.2, 0.25) is 5.91 Å². The molecule has 1 aromatic heterocycles. The number of anilines is 2. The number of carbonyl (C=O) groups excluding carboxylic acids is 1. The van der Waals surface area contributed by atoms with Gasteiger partial charge in [-0.15, -0.1) is 0 Å². The highest BCUT2D eigenvalue weighted by atomic mass is 16.2. The van der Waals surface area contributed by atoms with E-state index < -0.39 is 0 Å². The first-order chi connectivity index (χ1) is 14.1. The lowest BCUT2D eigenvalue weighted by Gasteiger charge is -2.34. The van der Waals surface area contributed by atoms with E-state index in [1.807, 2.05) is 36.4 Å². The molecule has 0 bridgehead atoms. The number of carbonyl (C=O) groups is 1. The lowest BCUT2D eigenvalue weighted by molar-refractivity contribution is -0.116. The summed E-state index contributed by atoms with van der Waals surface area (Å²) in [6.07, 6.45) is 1.71. The number of rotatable bonds is 5. The molecule has 0 spiro atoms. The SMILES string of the molecule is CN1CCN(c2ccc(NC(=O)CCn3cnc4ccccc4c3=O)cc2)CC1. The van der Waals surface area contributed by atoms with Crippen molar-refractivity contribution in [1.29, 1.82) is 0 Å². The van der Waals surface area contributed by atoms with Gasteiger partial charge in [0.25, 0.3) is 5.56 Å². The van der Waals surface area contributed by atoms with Crippen molar-refractivity contribution in [3.63, 3.8) is 0 Å². The summed E-state index contributed by atoms with van der Waals surface area (Å²) in [4.78, 5) is 33.8. The number of para-hydroxylation sites is 1. The van der Waals surface area contributed by atoms with Crippen LogP contribution in [0, 0.1) is 0 Å². The molecule has 1 fully saturated rings. The number of aromatic nitrogens is 2. The lowest BCUT2D eigenvalue weighted by Crippen LogP contribution is -2.44. The molecule has 1 N–H and O–H groups in total. The number of piperazine rings is 1. The molecular weight excluding hydrogens is 366 g/mol. The van der Waals surface area contributed by atoms with Gasteiger partial charge in [-0.1, -0.05) is 12.1 Å². The molecule has 2 heterocycles. The van der Waals surface area contributed by atoms with Gasteiger partial charge in [0.15, 0.2) is 0 Å². The third kappa shape index (κ3) is 4.46. The minimum absolute atomic E-state index is 0.125. The van der Waals surface area contributed by atoms with Gasteiger partial charge >= 0.3 is 0 Å². The van der Waals surface area contributed by atoms with Crippen LogP contribution < -0.4 is 15.8 Å². The number of amides is 1. The number of likely N-dealkylation sites (N-methyl/N-ethyl adjacent to an activating group) is 1. The van der Waals surface area contributed by atoms with E-state index in [-0.39, 0.29) is 17.9 Å². The second-order valence-electron chi connectivity index (χ2n) is 7.40. The molecule has 1 amide bonds. The number of nitrogens with one attached hydrogen (secondary N) is 1. The minimum atomic E-state index is -0.127. The zero-order valence-electron chi connectivity index (χ0n) is 16.5. The third-order valence-corrected chi connectivity index (χ3v) is 5.33. The number of nitrogens with zero attached hydrogens (tertiary/aromatic N) is 4. The summed E-state index contributed by atoms with van der Waals surface area (Å²) in [5.74, 6) is -0.127. The van der Waals surface area contributed by atoms with Gasteiger partial charge < -0.3 is 15.1 Å². The molecule has 4 rings (SSSR count). The highest BCUT2D eigenvalue weighted by molar-refractivity contribution is 5.90. The number of hydrogen-bond donors (Lipinski definition) is 1. The van der Waals surface area contributed by atoms with E-state index in [2.05, 4.69) is 27.1 Å². The van der Waals surface area contributed by atoms with Gasteiger partial charge in [-0.3, -0.25) is 14.2 Å². The molecule has 1 saturated heterocycles. The predicted octanol–water partition coefficient (Wildman–Crippen LogP) is 2.18. The number of hydrogen-bond acceptors (Lipinski definition) is 5. The summed E-state index contributed by atoms with van der Waals surface area (Å²) in [6, 6.07) is 15.2. The first-order valence-electron chi connectivity index (χ1n) is 9.88. The zero-order chi connectivity index (χ0) is 20.2. The second-order valence-corrected chi connectivity index (χ2v) is 7.40. The van der Waals surface area contributed by atoms with Gasteiger partial charge in [0.05, 0.1) is 17.2 Å². The minimum Gasteiger partial charge on any atom is -0.369 e. The van der Waals surface area contributed by atoms with Gasteiger partial charge in [-0.05, 0) is 43.4 Å². The molecule has 2 aromatic carbocycles. The van der Waals surface area contributed by atoms with Crippen LogP contribution in [0.15, 0.2) is 59.7 Å². The first kappa shape index (κ1) is 19.1. The Morgan fingerprint density at radius 3 is 2.52 bits per heavy atom. The Kier molecular flexibility index (Phi) is 5.57. The molecule has 0 aliphatic carbocycles. The van der Waals surface area contributed by atoms with Crippen LogP contribution in [0.4, 0.5) is 11.4 Å². The van der Waals surface area contributed by atoms with Crippen molar-refractivity contribution >= 4 is 28.2 Å². The van der Waals surface area contributed by atoms with E-state index in [9.17, 15) is 9.59 Å². The Labute approximate surface area is 169 Å². The fraction of sp³-hybridized carbons (Fsp3) is 0.318. The zero-order valence-corrected chi connectivity index (χ0v) is 16.5. The lowest BCUT2D eigenvalue weighted by atomic mass is 10.2. The van der Waals surface area contributed by atoms with Gasteiger partial charge in [-0.2, -0.15) is 0 Å². The Morgan fingerprint density at radius 2 is 1.76 bits per heavy atom. The standard InChI is InChI=1S/C22H25N5O2/c1-25-12-14-26(15-13-25)18-8-6-17(7-9-18)24-21(28)10-11-27-16-23-20-5-3-2-4-19(20)22(27)29/h2-9,16H,10-15H2,1H3,(H,24,28). The van der Waals surface area contributed by atoms with E-state index in [4.69, 9.17) is 0 Å². The number of fused-ring (bicyclic) bond motifs is 1. The molecular formula is C22H25N5O2. The summed E-state index contributed by atoms with van der Waals surface area (Å²) in [6.45, 7) is 4.43. The van der Waals surface area contributed by atoms with Crippen molar-refractivity contribution in [3.8, 4) is 0 Å². The fourth-order valence-corrected chi connectivity index (χ4v) is 3.53. The molecule has 1 aliphatic rings. The average molecular weight is 391 g/mol. The summed E-state index contributed by atoms with van der Waals surface area (Å²) in [5, 5.41) is 3.47. The summed E-state index contributed by atoms with van der Waals surface area (Å²) >= 11 is 0. The van der Waals surface area contributed by atoms with E-state index in [0.29, 0.717) is 17.4 Å². The number of benzene rings is 2. The van der Waals surface area contributed by atoms with Crippen LogP contribution in [0.25, 0.3) is 10.9 Å². The Bertz CT molecular complexity index is 1050. The van der Waals surface area contributed by atoms with Crippen LogP contribution in [0.3, 0.4) is 0 Å². The summed E-state index contributed by atoms with van der Waals surface area (Å²) in [7, 11) is 2.14. The van der Waals surface area contributed by atoms with Crippen molar-refractivity contribution in [2.45, 2.75) is 13.0 Å². The smallest absolute Gasteiger partial charge is 0.261 e. The van der Waals surface area contributed by atoms with E-state index in [1.165, 1.54) is 16.6 Å². The number of aryl methyl sites for hydroxylation is 1. The maximum Gasteiger partial charge on any atom is 0.261 e. The molecule has 1 aliphatic heterocycles. The van der Waals surface area contributed by atoms with Crippen molar-refractivity contribution in [1.82, 2.24) is 14.5 Å². The topological polar surface area (TPSA) is 70.5 Å². The van der Waals surface area contributed by atoms with Crippen molar-refractivity contribution in [3.05, 3.63) is 65.2 Å².